The monoisotopic (exact) mass is 486 g/mol. The van der Waals surface area contributed by atoms with Gasteiger partial charge in [-0.15, -0.1) is 0 Å². The van der Waals surface area contributed by atoms with E-state index in [0.717, 1.165) is 11.3 Å². The number of nitrogens with zero attached hydrogens (tertiary/aromatic N) is 1. The lowest BCUT2D eigenvalue weighted by Crippen LogP contribution is -2.30. The first kappa shape index (κ1) is 25.0. The average Bonchev–Trinajstić information content (AvgIpc) is 3.36. The molecule has 0 aliphatic heterocycles. The normalized spacial score (nSPS) is 11.1. The molecule has 0 unspecified atom stereocenters. The fourth-order valence-electron chi connectivity index (χ4n) is 2.99. The molecule has 34 heavy (non-hydrogen) atoms. The molecule has 1 N–H and O–H groups in total. The molecular formula is C24H26N2O7S. The number of rotatable bonds is 11. The number of ether oxygens (including phenoxy) is 2. The maximum absolute atomic E-state index is 12.5. The molecule has 3 rings (SSSR count). The number of likely N-dealkylation sites (N-methyl/N-ethyl adjacent to an activating group) is 1. The summed E-state index contributed by atoms with van der Waals surface area (Å²) in [4.78, 5) is 26.1. The lowest BCUT2D eigenvalue weighted by atomic mass is 10.2. The topological polar surface area (TPSA) is 115 Å². The van der Waals surface area contributed by atoms with Crippen LogP contribution < -0.4 is 9.46 Å². The van der Waals surface area contributed by atoms with Crippen LogP contribution in [0.25, 0.3) is 0 Å². The van der Waals surface area contributed by atoms with E-state index in [-0.39, 0.29) is 17.0 Å². The zero-order valence-electron chi connectivity index (χ0n) is 18.9. The van der Waals surface area contributed by atoms with E-state index < -0.39 is 28.5 Å². The van der Waals surface area contributed by atoms with Crippen LogP contribution in [0.1, 0.15) is 28.6 Å². The second kappa shape index (κ2) is 11.5. The van der Waals surface area contributed by atoms with Gasteiger partial charge in [-0.1, -0.05) is 18.2 Å². The molecule has 0 saturated carbocycles. The maximum Gasteiger partial charge on any atom is 0.338 e. The van der Waals surface area contributed by atoms with Gasteiger partial charge in [0.15, 0.2) is 6.61 Å². The number of hydrogen-bond acceptors (Lipinski definition) is 7. The van der Waals surface area contributed by atoms with Gasteiger partial charge in [0.05, 0.1) is 29.9 Å². The Labute approximate surface area is 198 Å². The van der Waals surface area contributed by atoms with E-state index in [1.165, 1.54) is 35.4 Å². The molecule has 0 aliphatic rings. The minimum atomic E-state index is -3.88. The summed E-state index contributed by atoms with van der Waals surface area (Å²) in [6, 6.07) is 16.0. The lowest BCUT2D eigenvalue weighted by molar-refractivity contribution is -0.133. The maximum atomic E-state index is 12.5. The van der Waals surface area contributed by atoms with E-state index in [1.54, 1.807) is 19.2 Å². The minimum absolute atomic E-state index is 0.0165. The molecule has 0 radical (unpaired) electrons. The zero-order valence-corrected chi connectivity index (χ0v) is 19.7. The second-order valence-corrected chi connectivity index (χ2v) is 9.10. The van der Waals surface area contributed by atoms with Crippen LogP contribution in [0.15, 0.2) is 76.2 Å². The van der Waals surface area contributed by atoms with Crippen molar-refractivity contribution in [3.05, 3.63) is 83.8 Å². The number of carbonyl (C=O) groups excluding carboxylic acids is 2. The van der Waals surface area contributed by atoms with Crippen LogP contribution in [0.2, 0.25) is 0 Å². The minimum Gasteiger partial charge on any atom is -0.494 e. The molecule has 0 saturated heterocycles. The van der Waals surface area contributed by atoms with Gasteiger partial charge in [0.2, 0.25) is 10.0 Å². The number of carbonyl (C=O) groups is 2. The van der Waals surface area contributed by atoms with E-state index in [2.05, 4.69) is 4.72 Å². The summed E-state index contributed by atoms with van der Waals surface area (Å²) < 4.78 is 43.0. The van der Waals surface area contributed by atoms with E-state index in [0.29, 0.717) is 18.9 Å². The third kappa shape index (κ3) is 6.93. The van der Waals surface area contributed by atoms with E-state index >= 15 is 0 Å². The van der Waals surface area contributed by atoms with Gasteiger partial charge in [0.1, 0.15) is 11.5 Å². The standard InChI is InChI=1S/C24H26N2O7S/c1-3-31-20-11-9-18(10-12-20)16-26(2)23(27)17-33-24(28)19-6-4-8-22(14-19)34(29,30)25-15-21-7-5-13-32-21/h4-14,25H,3,15-17H2,1-2H3. The van der Waals surface area contributed by atoms with E-state index in [9.17, 15) is 18.0 Å². The van der Waals surface area contributed by atoms with Gasteiger partial charge >= 0.3 is 5.97 Å². The number of sulfonamides is 1. The van der Waals surface area contributed by atoms with Crippen LogP contribution in [0.4, 0.5) is 0 Å². The molecule has 0 bridgehead atoms. The molecule has 1 aromatic heterocycles. The van der Waals surface area contributed by atoms with E-state index in [1.807, 2.05) is 31.2 Å². The third-order valence-corrected chi connectivity index (χ3v) is 6.20. The summed E-state index contributed by atoms with van der Waals surface area (Å²) in [7, 11) is -2.28. The summed E-state index contributed by atoms with van der Waals surface area (Å²) in [5.41, 5.74) is 0.911. The van der Waals surface area contributed by atoms with Gasteiger partial charge in [-0.25, -0.2) is 17.9 Å². The highest BCUT2D eigenvalue weighted by Gasteiger charge is 2.19. The predicted molar refractivity (Wildman–Crippen MR) is 124 cm³/mol. The molecule has 180 valence electrons. The number of esters is 1. The van der Waals surface area contributed by atoms with Crippen LogP contribution in [-0.2, 0) is 32.6 Å². The summed E-state index contributed by atoms with van der Waals surface area (Å²) in [6.07, 6.45) is 1.44. The Balaban J connectivity index is 1.54. The van der Waals surface area contributed by atoms with Crippen LogP contribution in [-0.4, -0.2) is 45.5 Å². The Kier molecular flexibility index (Phi) is 8.44. The van der Waals surface area contributed by atoms with E-state index in [4.69, 9.17) is 13.9 Å². The number of hydrogen-bond donors (Lipinski definition) is 1. The van der Waals surface area contributed by atoms with Crippen molar-refractivity contribution < 1.29 is 31.9 Å². The highest BCUT2D eigenvalue weighted by molar-refractivity contribution is 7.89. The van der Waals surface area contributed by atoms with Crippen molar-refractivity contribution in [3.8, 4) is 5.75 Å². The molecule has 2 aromatic carbocycles. The number of amides is 1. The Morgan fingerprint density at radius 3 is 2.50 bits per heavy atom. The highest BCUT2D eigenvalue weighted by Crippen LogP contribution is 2.15. The molecule has 3 aromatic rings. The molecule has 0 fully saturated rings. The molecular weight excluding hydrogens is 460 g/mol. The summed E-state index contributed by atoms with van der Waals surface area (Å²) >= 11 is 0. The highest BCUT2D eigenvalue weighted by atomic mass is 32.2. The number of furan rings is 1. The van der Waals surface area contributed by atoms with Crippen molar-refractivity contribution >= 4 is 21.9 Å². The van der Waals surface area contributed by atoms with Crippen LogP contribution in [0, 0.1) is 0 Å². The van der Waals surface area contributed by atoms with Gasteiger partial charge in [0, 0.05) is 13.6 Å². The Bertz CT molecular complexity index is 1210. The summed E-state index contributed by atoms with van der Waals surface area (Å²) in [6.45, 7) is 2.30. The Hall–Kier alpha value is -3.63. The SMILES string of the molecule is CCOc1ccc(CN(C)C(=O)COC(=O)c2cccc(S(=O)(=O)NCc3ccco3)c2)cc1. The molecule has 0 atom stereocenters. The molecule has 1 heterocycles. The van der Waals surface area contributed by atoms with Gasteiger partial charge in [-0.3, -0.25) is 4.79 Å². The van der Waals surface area contributed by atoms with Gasteiger partial charge in [0.25, 0.3) is 5.91 Å². The van der Waals surface area contributed by atoms with Crippen molar-refractivity contribution in [2.75, 3.05) is 20.3 Å². The lowest BCUT2D eigenvalue weighted by Gasteiger charge is -2.17. The smallest absolute Gasteiger partial charge is 0.338 e. The first-order valence-electron chi connectivity index (χ1n) is 10.5. The molecule has 0 aliphatic carbocycles. The van der Waals surface area contributed by atoms with Crippen molar-refractivity contribution in [2.45, 2.75) is 24.9 Å². The van der Waals surface area contributed by atoms with Gasteiger partial charge < -0.3 is 18.8 Å². The van der Waals surface area contributed by atoms with Crippen molar-refractivity contribution in [1.29, 1.82) is 0 Å². The molecule has 1 amide bonds. The van der Waals surface area contributed by atoms with Gasteiger partial charge in [-0.2, -0.15) is 0 Å². The fraction of sp³-hybridized carbons (Fsp3) is 0.250. The van der Waals surface area contributed by atoms with Crippen molar-refractivity contribution in [1.82, 2.24) is 9.62 Å². The quantitative estimate of drug-likeness (QED) is 0.414. The number of nitrogens with one attached hydrogen (secondary N) is 1. The zero-order chi connectivity index (χ0) is 24.6. The average molecular weight is 487 g/mol. The molecule has 10 heteroatoms. The Morgan fingerprint density at radius 2 is 1.82 bits per heavy atom. The van der Waals surface area contributed by atoms with Crippen LogP contribution in [0.5, 0.6) is 5.75 Å². The number of benzene rings is 2. The van der Waals surface area contributed by atoms with Crippen LogP contribution in [0.3, 0.4) is 0 Å². The molecule has 0 spiro atoms. The fourth-order valence-corrected chi connectivity index (χ4v) is 4.03. The first-order valence-corrected chi connectivity index (χ1v) is 12.0. The third-order valence-electron chi connectivity index (χ3n) is 4.80. The Morgan fingerprint density at radius 1 is 1.06 bits per heavy atom. The molecule has 9 nitrogen and oxygen atoms in total. The predicted octanol–water partition coefficient (Wildman–Crippen LogP) is 2.97. The second-order valence-electron chi connectivity index (χ2n) is 7.33. The largest absolute Gasteiger partial charge is 0.494 e. The van der Waals surface area contributed by atoms with Crippen molar-refractivity contribution in [3.63, 3.8) is 0 Å². The first-order chi connectivity index (χ1) is 16.3. The van der Waals surface area contributed by atoms with Crippen molar-refractivity contribution in [2.24, 2.45) is 0 Å². The summed E-state index contributed by atoms with van der Waals surface area (Å²) in [5.74, 6) is -0.00129. The summed E-state index contributed by atoms with van der Waals surface area (Å²) in [5, 5.41) is 0. The van der Waals surface area contributed by atoms with Gasteiger partial charge in [-0.05, 0) is 55.0 Å². The van der Waals surface area contributed by atoms with Crippen LogP contribution >= 0.6 is 0 Å².